The average Bonchev–Trinajstić information content (AvgIpc) is 2.34. The molecule has 1 heterocycles. The van der Waals surface area contributed by atoms with Crippen LogP contribution in [-0.4, -0.2) is 13.1 Å². The number of carbonyl (C=O) groups is 1. The quantitative estimate of drug-likeness (QED) is 0.563. The summed E-state index contributed by atoms with van der Waals surface area (Å²) in [5.74, 6) is -0.363. The summed E-state index contributed by atoms with van der Waals surface area (Å²) in [5.41, 5.74) is 0.475. The van der Waals surface area contributed by atoms with Gasteiger partial charge in [-0.15, -0.1) is 0 Å². The van der Waals surface area contributed by atoms with Gasteiger partial charge in [-0.3, -0.25) is 0 Å². The van der Waals surface area contributed by atoms with Crippen molar-refractivity contribution in [2.45, 2.75) is 0 Å². The SMILES string of the molecule is COC(=O)c1cocc1I. The summed E-state index contributed by atoms with van der Waals surface area (Å²) in [6.45, 7) is 0. The van der Waals surface area contributed by atoms with E-state index in [1.54, 1.807) is 0 Å². The monoisotopic (exact) mass is 252 g/mol. The van der Waals surface area contributed by atoms with E-state index in [4.69, 9.17) is 4.42 Å². The molecule has 1 aromatic rings. The Bertz CT molecular complexity index is 241. The van der Waals surface area contributed by atoms with E-state index in [0.29, 0.717) is 5.56 Å². The van der Waals surface area contributed by atoms with Crippen molar-refractivity contribution in [3.05, 3.63) is 21.7 Å². The number of esters is 1. The smallest absolute Gasteiger partial charge is 0.342 e. The molecule has 0 aromatic carbocycles. The van der Waals surface area contributed by atoms with Crippen LogP contribution < -0.4 is 0 Å². The molecule has 0 unspecified atom stereocenters. The van der Waals surface area contributed by atoms with Crippen LogP contribution in [0.1, 0.15) is 10.4 Å². The van der Waals surface area contributed by atoms with Gasteiger partial charge in [-0.25, -0.2) is 4.79 Å². The maximum atomic E-state index is 10.8. The Labute approximate surface area is 71.5 Å². The number of carbonyl (C=O) groups excluding carboxylic acids is 1. The number of halogens is 1. The molecule has 0 aliphatic carbocycles. The van der Waals surface area contributed by atoms with Crippen LogP contribution in [0.4, 0.5) is 0 Å². The van der Waals surface area contributed by atoms with Crippen LogP contribution in [0, 0.1) is 3.57 Å². The summed E-state index contributed by atoms with van der Waals surface area (Å²) >= 11 is 2.00. The van der Waals surface area contributed by atoms with E-state index in [9.17, 15) is 4.79 Å². The van der Waals surface area contributed by atoms with Crippen LogP contribution in [0.2, 0.25) is 0 Å². The van der Waals surface area contributed by atoms with E-state index in [0.717, 1.165) is 3.57 Å². The Hall–Kier alpha value is -0.520. The lowest BCUT2D eigenvalue weighted by molar-refractivity contribution is 0.0599. The highest BCUT2D eigenvalue weighted by Gasteiger charge is 2.10. The lowest BCUT2D eigenvalue weighted by atomic mass is 10.3. The van der Waals surface area contributed by atoms with Crippen LogP contribution in [0.5, 0.6) is 0 Å². The van der Waals surface area contributed by atoms with Gasteiger partial charge in [0.15, 0.2) is 0 Å². The molecule has 0 fully saturated rings. The van der Waals surface area contributed by atoms with E-state index < -0.39 is 0 Å². The second-order valence-corrected chi connectivity index (χ2v) is 2.79. The molecular formula is C6H5IO3. The zero-order chi connectivity index (χ0) is 7.56. The van der Waals surface area contributed by atoms with Crippen LogP contribution in [0.25, 0.3) is 0 Å². The van der Waals surface area contributed by atoms with Crippen molar-refractivity contribution in [3.63, 3.8) is 0 Å². The van der Waals surface area contributed by atoms with Crippen LogP contribution in [-0.2, 0) is 4.74 Å². The maximum Gasteiger partial charge on any atom is 0.342 e. The molecule has 0 bridgehead atoms. The zero-order valence-corrected chi connectivity index (χ0v) is 7.41. The highest BCUT2D eigenvalue weighted by Crippen LogP contribution is 2.13. The molecule has 54 valence electrons. The number of ether oxygens (including phenoxy) is 1. The summed E-state index contributed by atoms with van der Waals surface area (Å²) in [7, 11) is 1.34. The second kappa shape index (κ2) is 3.05. The third-order valence-corrected chi connectivity index (χ3v) is 1.86. The van der Waals surface area contributed by atoms with E-state index in [1.807, 2.05) is 22.6 Å². The molecule has 1 aromatic heterocycles. The fourth-order valence-corrected chi connectivity index (χ4v) is 1.03. The Morgan fingerprint density at radius 3 is 2.80 bits per heavy atom. The molecule has 0 aliphatic rings. The van der Waals surface area contributed by atoms with Gasteiger partial charge in [0, 0.05) is 0 Å². The number of methoxy groups -OCH3 is 1. The second-order valence-electron chi connectivity index (χ2n) is 1.62. The molecular weight excluding hydrogens is 247 g/mol. The molecule has 0 amide bonds. The van der Waals surface area contributed by atoms with Gasteiger partial charge in [0.2, 0.25) is 0 Å². The standard InChI is InChI=1S/C6H5IO3/c1-9-6(8)4-2-10-3-5(4)7/h2-3H,1H3. The number of hydrogen-bond acceptors (Lipinski definition) is 3. The molecule has 0 radical (unpaired) electrons. The van der Waals surface area contributed by atoms with E-state index >= 15 is 0 Å². The normalized spacial score (nSPS) is 9.40. The highest BCUT2D eigenvalue weighted by atomic mass is 127. The summed E-state index contributed by atoms with van der Waals surface area (Å²) in [6.07, 6.45) is 2.86. The third-order valence-electron chi connectivity index (χ3n) is 1.02. The van der Waals surface area contributed by atoms with Crippen LogP contribution in [0.3, 0.4) is 0 Å². The molecule has 1 rings (SSSR count). The van der Waals surface area contributed by atoms with Gasteiger partial charge < -0.3 is 9.15 Å². The summed E-state index contributed by atoms with van der Waals surface area (Å²) in [4.78, 5) is 10.8. The largest absolute Gasteiger partial charge is 0.471 e. The van der Waals surface area contributed by atoms with Crippen molar-refractivity contribution < 1.29 is 13.9 Å². The van der Waals surface area contributed by atoms with Gasteiger partial charge in [0.25, 0.3) is 0 Å². The van der Waals surface area contributed by atoms with Crippen molar-refractivity contribution >= 4 is 28.6 Å². The lowest BCUT2D eigenvalue weighted by Crippen LogP contribution is -2.00. The maximum absolute atomic E-state index is 10.8. The summed E-state index contributed by atoms with van der Waals surface area (Å²) in [5, 5.41) is 0. The fraction of sp³-hybridized carbons (Fsp3) is 0.167. The number of hydrogen-bond donors (Lipinski definition) is 0. The molecule has 0 spiro atoms. The topological polar surface area (TPSA) is 39.4 Å². The fourth-order valence-electron chi connectivity index (χ4n) is 0.537. The molecule has 0 atom stereocenters. The minimum atomic E-state index is -0.363. The highest BCUT2D eigenvalue weighted by molar-refractivity contribution is 14.1. The van der Waals surface area contributed by atoms with Gasteiger partial charge >= 0.3 is 5.97 Å². The zero-order valence-electron chi connectivity index (χ0n) is 5.26. The number of furan rings is 1. The van der Waals surface area contributed by atoms with Crippen molar-refractivity contribution in [2.75, 3.05) is 7.11 Å². The molecule has 0 N–H and O–H groups in total. The average molecular weight is 252 g/mol. The van der Waals surface area contributed by atoms with Gasteiger partial charge in [-0.05, 0) is 22.6 Å². The Kier molecular flexibility index (Phi) is 2.31. The van der Waals surface area contributed by atoms with Crippen LogP contribution in [0.15, 0.2) is 16.9 Å². The number of rotatable bonds is 1. The predicted molar refractivity (Wildman–Crippen MR) is 42.8 cm³/mol. The van der Waals surface area contributed by atoms with Gasteiger partial charge in [0.05, 0.1) is 10.7 Å². The molecule has 10 heavy (non-hydrogen) atoms. The van der Waals surface area contributed by atoms with Crippen molar-refractivity contribution in [3.8, 4) is 0 Å². The summed E-state index contributed by atoms with van der Waals surface area (Å²) < 4.78 is 10.00. The van der Waals surface area contributed by atoms with Gasteiger partial charge in [-0.1, -0.05) is 0 Å². The van der Waals surface area contributed by atoms with Crippen molar-refractivity contribution in [1.82, 2.24) is 0 Å². The van der Waals surface area contributed by atoms with E-state index in [2.05, 4.69) is 4.74 Å². The minimum absolute atomic E-state index is 0.363. The first kappa shape index (κ1) is 7.59. The molecule has 0 saturated carbocycles. The van der Waals surface area contributed by atoms with E-state index in [-0.39, 0.29) is 5.97 Å². The summed E-state index contributed by atoms with van der Waals surface area (Å²) in [6, 6.07) is 0. The Morgan fingerprint density at radius 1 is 1.70 bits per heavy atom. The first-order valence-electron chi connectivity index (χ1n) is 2.55. The predicted octanol–water partition coefficient (Wildman–Crippen LogP) is 1.67. The molecule has 4 heteroatoms. The minimum Gasteiger partial charge on any atom is -0.471 e. The van der Waals surface area contributed by atoms with Crippen LogP contribution >= 0.6 is 22.6 Å². The molecule has 0 saturated heterocycles. The Morgan fingerprint density at radius 2 is 2.40 bits per heavy atom. The van der Waals surface area contributed by atoms with E-state index in [1.165, 1.54) is 19.6 Å². The first-order chi connectivity index (χ1) is 4.75. The van der Waals surface area contributed by atoms with Gasteiger partial charge in [-0.2, -0.15) is 0 Å². The Balaban J connectivity index is 2.93. The first-order valence-corrected chi connectivity index (χ1v) is 3.63. The third kappa shape index (κ3) is 1.31. The molecule has 0 aliphatic heterocycles. The van der Waals surface area contributed by atoms with Crippen molar-refractivity contribution in [2.24, 2.45) is 0 Å². The molecule has 3 nitrogen and oxygen atoms in total. The van der Waals surface area contributed by atoms with Crippen molar-refractivity contribution in [1.29, 1.82) is 0 Å². The lowest BCUT2D eigenvalue weighted by Gasteiger charge is -1.92. The van der Waals surface area contributed by atoms with Gasteiger partial charge in [0.1, 0.15) is 18.1 Å².